The van der Waals surface area contributed by atoms with E-state index >= 15 is 0 Å². The van der Waals surface area contributed by atoms with Crippen LogP contribution >= 0.6 is 11.6 Å². The molecule has 386 valence electrons. The molecule has 1 atom stereocenters. The third kappa shape index (κ3) is 10.3. The van der Waals surface area contributed by atoms with Gasteiger partial charge in [-0.05, 0) is 86.5 Å². The Kier molecular flexibility index (Phi) is 15.4. The van der Waals surface area contributed by atoms with Crippen LogP contribution in [-0.4, -0.2) is 115 Å². The first-order valence-corrected chi connectivity index (χ1v) is 24.8. The molecule has 0 spiro atoms. The molecular formula is C54H56ClFIN9O8. The van der Waals surface area contributed by atoms with Gasteiger partial charge in [0, 0.05) is 91.5 Å². The molecule has 1 N–H and O–H groups in total. The van der Waals surface area contributed by atoms with E-state index in [2.05, 4.69) is 10.2 Å². The van der Waals surface area contributed by atoms with Gasteiger partial charge in [-0.2, -0.15) is 5.10 Å². The number of hydrogen-bond donors (Lipinski definition) is 1. The van der Waals surface area contributed by atoms with Gasteiger partial charge >= 0.3 is 5.97 Å². The lowest BCUT2D eigenvalue weighted by molar-refractivity contribution is -0.671. The van der Waals surface area contributed by atoms with Crippen molar-refractivity contribution in [3.8, 4) is 22.6 Å². The Hall–Kier alpha value is -6.84. The van der Waals surface area contributed by atoms with Gasteiger partial charge in [0.05, 0.1) is 36.4 Å². The zero-order valence-electron chi connectivity index (χ0n) is 41.5. The molecule has 0 bridgehead atoms. The highest BCUT2D eigenvalue weighted by molar-refractivity contribution is 6.35. The Labute approximate surface area is 448 Å². The molecule has 74 heavy (non-hydrogen) atoms. The Morgan fingerprint density at radius 2 is 1.70 bits per heavy atom. The molecule has 6 heterocycles. The number of piperazine rings is 1. The van der Waals surface area contributed by atoms with E-state index < -0.39 is 17.9 Å². The number of ether oxygens (including phenoxy) is 3. The standard InChI is InChI=1S/C54H55ClFN9O8.HI/c1-33-48(34(2)60(4)58-33)49-42(55)16-15-39-38(10-7-27-71-44-11-5-8-35-28-36(56)13-14-37(35)44)51(54(70)73-32-62-20-19-59(3)31-62)64(50(39)49)26-23-61-21-24-63(25-22-61)47(67)30-72-45-12-6-9-40-41(45)29-65(53(40)69)43-17-18-46(66)57-52(43)68;/h5-6,8-9,11-16,19-20,28,31,43H,7,10,17-18,21-27,29-30,32H2,1-4H3;1H. The lowest BCUT2D eigenvalue weighted by Crippen LogP contribution is -3.00. The number of aromatic nitrogens is 5. The van der Waals surface area contributed by atoms with Crippen molar-refractivity contribution in [1.82, 2.24) is 38.9 Å². The van der Waals surface area contributed by atoms with Crippen LogP contribution in [0.4, 0.5) is 4.39 Å². The van der Waals surface area contributed by atoms with Crippen LogP contribution in [0.1, 0.15) is 62.6 Å². The minimum absolute atomic E-state index is 0. The van der Waals surface area contributed by atoms with Crippen molar-refractivity contribution in [2.45, 2.75) is 65.4 Å². The van der Waals surface area contributed by atoms with Gasteiger partial charge < -0.3 is 52.6 Å². The van der Waals surface area contributed by atoms with Gasteiger partial charge in [-0.3, -0.25) is 34.1 Å². The molecule has 10 rings (SSSR count). The summed E-state index contributed by atoms with van der Waals surface area (Å²) in [5.41, 5.74) is 6.37. The quantitative estimate of drug-likeness (QED) is 0.0500. The minimum atomic E-state index is -0.766. The van der Waals surface area contributed by atoms with Gasteiger partial charge in [-0.25, -0.2) is 18.3 Å². The maximum atomic E-state index is 14.8. The fraction of sp³-hybridized carbons (Fsp3) is 0.352. The zero-order valence-corrected chi connectivity index (χ0v) is 44.5. The molecule has 17 nitrogen and oxygen atoms in total. The van der Waals surface area contributed by atoms with Crippen LogP contribution in [0.3, 0.4) is 0 Å². The van der Waals surface area contributed by atoms with Crippen molar-refractivity contribution in [3.63, 3.8) is 0 Å². The van der Waals surface area contributed by atoms with Crippen molar-refractivity contribution < 1.29 is 71.1 Å². The van der Waals surface area contributed by atoms with Crippen molar-refractivity contribution in [1.29, 1.82) is 0 Å². The number of nitrogens with zero attached hydrogens (tertiary/aromatic N) is 8. The predicted molar refractivity (Wildman–Crippen MR) is 268 cm³/mol. The fourth-order valence-corrected chi connectivity index (χ4v) is 10.8. The second-order valence-corrected chi connectivity index (χ2v) is 19.3. The largest absolute Gasteiger partial charge is 1.00 e. The van der Waals surface area contributed by atoms with Crippen molar-refractivity contribution in [3.05, 3.63) is 130 Å². The summed E-state index contributed by atoms with van der Waals surface area (Å²) in [6, 6.07) is 18.3. The summed E-state index contributed by atoms with van der Waals surface area (Å²) in [4.78, 5) is 71.7. The van der Waals surface area contributed by atoms with Gasteiger partial charge in [-0.1, -0.05) is 35.9 Å². The van der Waals surface area contributed by atoms with Crippen LogP contribution in [-0.2, 0) is 59.5 Å². The number of hydrogen-bond acceptors (Lipinski definition) is 10. The van der Waals surface area contributed by atoms with E-state index in [-0.39, 0.29) is 80.2 Å². The molecule has 4 amide bonds. The van der Waals surface area contributed by atoms with Crippen molar-refractivity contribution >= 4 is 62.9 Å². The second kappa shape index (κ2) is 21.9. The van der Waals surface area contributed by atoms with Gasteiger partial charge in [0.1, 0.15) is 41.4 Å². The summed E-state index contributed by atoms with van der Waals surface area (Å²) >= 11 is 7.23. The average molecular weight is 1140 g/mol. The molecule has 3 aliphatic rings. The maximum Gasteiger partial charge on any atom is 0.358 e. The van der Waals surface area contributed by atoms with Gasteiger partial charge in [-0.15, -0.1) is 0 Å². The fourth-order valence-electron chi connectivity index (χ4n) is 10.5. The third-order valence-corrected chi connectivity index (χ3v) is 14.6. The van der Waals surface area contributed by atoms with Crippen LogP contribution in [0.2, 0.25) is 5.02 Å². The second-order valence-electron chi connectivity index (χ2n) is 18.9. The summed E-state index contributed by atoms with van der Waals surface area (Å²) in [7, 11) is 3.79. The summed E-state index contributed by atoms with van der Waals surface area (Å²) in [5.74, 6) is -1.15. The monoisotopic (exact) mass is 1140 g/mol. The number of carbonyl (C=O) groups is 5. The molecule has 2 fully saturated rings. The highest BCUT2D eigenvalue weighted by Crippen LogP contribution is 2.43. The zero-order chi connectivity index (χ0) is 51.1. The highest BCUT2D eigenvalue weighted by Gasteiger charge is 2.40. The molecule has 0 saturated carbocycles. The van der Waals surface area contributed by atoms with Gasteiger partial charge in [0.15, 0.2) is 6.61 Å². The highest BCUT2D eigenvalue weighted by atomic mass is 127. The Bertz CT molecular complexity index is 3350. The number of fused-ring (bicyclic) bond motifs is 3. The molecule has 0 aliphatic carbocycles. The number of rotatable bonds is 16. The van der Waals surface area contributed by atoms with Crippen LogP contribution < -0.4 is 43.3 Å². The van der Waals surface area contributed by atoms with Crippen LogP contribution in [0.5, 0.6) is 11.5 Å². The predicted octanol–water partition coefficient (Wildman–Crippen LogP) is 3.04. The molecule has 3 aromatic heterocycles. The molecule has 2 saturated heterocycles. The van der Waals surface area contributed by atoms with Gasteiger partial charge in [0.25, 0.3) is 11.8 Å². The lowest BCUT2D eigenvalue weighted by atomic mass is 9.98. The Morgan fingerprint density at radius 1 is 0.932 bits per heavy atom. The van der Waals surface area contributed by atoms with E-state index in [0.717, 1.165) is 49.8 Å². The third-order valence-electron chi connectivity index (χ3n) is 14.3. The van der Waals surface area contributed by atoms with E-state index in [4.69, 9.17) is 30.9 Å². The van der Waals surface area contributed by atoms with E-state index in [0.29, 0.717) is 92.1 Å². The summed E-state index contributed by atoms with van der Waals surface area (Å²) in [6.45, 7) is 7.08. The number of benzene rings is 4. The molecule has 3 aliphatic heterocycles. The smallest absolute Gasteiger partial charge is 0.358 e. The molecular weight excluding hydrogens is 1080 g/mol. The van der Waals surface area contributed by atoms with E-state index in [9.17, 15) is 28.4 Å². The Morgan fingerprint density at radius 3 is 2.45 bits per heavy atom. The molecule has 1 unspecified atom stereocenters. The number of aryl methyl sites for hydroxylation is 4. The first-order valence-electron chi connectivity index (χ1n) is 24.5. The number of nitrogens with one attached hydrogen (secondary N) is 1. The SMILES string of the molecule is Cc1nn(C)c(C)c1-c1c(Cl)ccc2c(CCCOc3cccc4cc(F)ccc34)c(C(=O)OCn3cc[n+](C)c3)n(CCN3CCN(C(=O)COc4cccc5c4CN(C4CCC(=O)NC4=O)C5=O)CC3)c12.[I-]. The molecule has 20 heteroatoms. The van der Waals surface area contributed by atoms with Crippen molar-refractivity contribution in [2.75, 3.05) is 45.9 Å². The summed E-state index contributed by atoms with van der Waals surface area (Å²) in [6.07, 6.45) is 6.92. The number of piperidine rings is 1. The number of imidazole rings is 1. The maximum absolute atomic E-state index is 14.8. The first kappa shape index (κ1) is 52.0. The number of amides is 4. The van der Waals surface area contributed by atoms with Crippen LogP contribution in [0.25, 0.3) is 32.8 Å². The van der Waals surface area contributed by atoms with E-state index in [1.165, 1.54) is 17.0 Å². The first-order chi connectivity index (χ1) is 35.2. The number of imide groups is 1. The summed E-state index contributed by atoms with van der Waals surface area (Å²) in [5, 5.41) is 9.99. The molecule has 4 aromatic carbocycles. The topological polar surface area (TPSA) is 166 Å². The van der Waals surface area contributed by atoms with E-state index in [1.807, 2.05) is 90.8 Å². The summed E-state index contributed by atoms with van der Waals surface area (Å²) < 4.78 is 40.2. The number of esters is 1. The van der Waals surface area contributed by atoms with E-state index in [1.54, 1.807) is 33.7 Å². The molecule has 0 radical (unpaired) electrons. The van der Waals surface area contributed by atoms with Crippen LogP contribution in [0, 0.1) is 19.7 Å². The lowest BCUT2D eigenvalue weighted by Gasteiger charge is -2.35. The normalized spacial score (nSPS) is 15.9. The minimum Gasteiger partial charge on any atom is -1.00 e. The number of halogens is 3. The molecule has 7 aromatic rings. The number of carbonyl (C=O) groups excluding carboxylic acids is 5. The van der Waals surface area contributed by atoms with Gasteiger partial charge in [0.2, 0.25) is 24.9 Å². The Balaban J connectivity index is 0.00000672. The van der Waals surface area contributed by atoms with Crippen LogP contribution in [0.15, 0.2) is 85.5 Å². The van der Waals surface area contributed by atoms with Crippen molar-refractivity contribution in [2.24, 2.45) is 14.1 Å². The average Bonchev–Trinajstić information content (AvgIpc) is 4.12.